The number of carbonyl (C=O) groups is 1. The third-order valence-electron chi connectivity index (χ3n) is 5.66. The first-order valence-corrected chi connectivity index (χ1v) is 10.1. The van der Waals surface area contributed by atoms with Crippen LogP contribution in [0.3, 0.4) is 0 Å². The van der Waals surface area contributed by atoms with Crippen LogP contribution in [0.1, 0.15) is 25.0 Å². The molecule has 1 fully saturated rings. The van der Waals surface area contributed by atoms with Crippen molar-refractivity contribution in [3.63, 3.8) is 0 Å². The Morgan fingerprint density at radius 2 is 1.74 bits per heavy atom. The topological polar surface area (TPSA) is 46.5 Å². The standard InChI is InChI=1S/C23H22ClF3O2.CH4O/c1-14-16(10-7-11-17(14)15-8-5-4-6-9-15)13-29-21(28)20-18(22(20,2)3)12-19(24)23(25,26)27;1-2/h4-12,18,20H,13H2,1-3H3;2H,1H3/b19-12-;. The van der Waals surface area contributed by atoms with Crippen molar-refractivity contribution in [1.29, 1.82) is 0 Å². The third-order valence-corrected chi connectivity index (χ3v) is 6.00. The molecule has 3 nitrogen and oxygen atoms in total. The molecule has 1 saturated carbocycles. The molecule has 0 heterocycles. The van der Waals surface area contributed by atoms with Crippen molar-refractivity contribution in [3.05, 3.63) is 70.8 Å². The maximum atomic E-state index is 12.7. The molecular formula is C24H26ClF3O3. The highest BCUT2D eigenvalue weighted by Crippen LogP contribution is 2.60. The van der Waals surface area contributed by atoms with Crippen molar-refractivity contribution in [2.75, 3.05) is 7.11 Å². The zero-order valence-corrected chi connectivity index (χ0v) is 18.6. The molecule has 0 bridgehead atoms. The van der Waals surface area contributed by atoms with Crippen LogP contribution in [0.5, 0.6) is 0 Å². The molecule has 1 aliphatic rings. The van der Waals surface area contributed by atoms with Crippen LogP contribution in [-0.2, 0) is 16.1 Å². The van der Waals surface area contributed by atoms with Crippen molar-refractivity contribution in [2.24, 2.45) is 17.3 Å². The van der Waals surface area contributed by atoms with E-state index in [4.69, 9.17) is 21.4 Å². The highest BCUT2D eigenvalue weighted by atomic mass is 35.5. The molecule has 0 amide bonds. The van der Waals surface area contributed by atoms with E-state index in [2.05, 4.69) is 0 Å². The van der Waals surface area contributed by atoms with Crippen molar-refractivity contribution >= 4 is 17.6 Å². The fourth-order valence-electron chi connectivity index (χ4n) is 3.70. The van der Waals surface area contributed by atoms with Crippen LogP contribution in [0, 0.1) is 24.2 Å². The zero-order chi connectivity index (χ0) is 23.4. The Morgan fingerprint density at radius 1 is 1.13 bits per heavy atom. The average molecular weight is 455 g/mol. The average Bonchev–Trinajstić information content (AvgIpc) is 3.28. The van der Waals surface area contributed by atoms with Crippen LogP contribution >= 0.6 is 11.6 Å². The van der Waals surface area contributed by atoms with Gasteiger partial charge in [-0.1, -0.05) is 80.1 Å². The number of esters is 1. The van der Waals surface area contributed by atoms with Gasteiger partial charge in [0.15, 0.2) is 0 Å². The van der Waals surface area contributed by atoms with Gasteiger partial charge in [-0.2, -0.15) is 13.2 Å². The van der Waals surface area contributed by atoms with Crippen LogP contribution in [0.4, 0.5) is 13.2 Å². The van der Waals surface area contributed by atoms with Gasteiger partial charge >= 0.3 is 12.1 Å². The van der Waals surface area contributed by atoms with Crippen molar-refractivity contribution in [1.82, 2.24) is 0 Å². The van der Waals surface area contributed by atoms with E-state index in [1.165, 1.54) is 0 Å². The van der Waals surface area contributed by atoms with Gasteiger partial charge in [-0.05, 0) is 40.5 Å². The van der Waals surface area contributed by atoms with Crippen LogP contribution in [-0.4, -0.2) is 24.4 Å². The second kappa shape index (κ2) is 9.88. The van der Waals surface area contributed by atoms with Gasteiger partial charge in [0, 0.05) is 7.11 Å². The lowest BCUT2D eigenvalue weighted by atomic mass is 9.97. The summed E-state index contributed by atoms with van der Waals surface area (Å²) in [5.74, 6) is -1.75. The first kappa shape index (κ1) is 25.0. The fourth-order valence-corrected chi connectivity index (χ4v) is 3.84. The van der Waals surface area contributed by atoms with Crippen molar-refractivity contribution < 1.29 is 27.8 Å². The maximum absolute atomic E-state index is 12.7. The van der Waals surface area contributed by atoms with E-state index in [9.17, 15) is 18.0 Å². The summed E-state index contributed by atoms with van der Waals surface area (Å²) in [6.07, 6.45) is -3.68. The predicted molar refractivity (Wildman–Crippen MR) is 115 cm³/mol. The highest BCUT2D eigenvalue weighted by molar-refractivity contribution is 6.30. The van der Waals surface area contributed by atoms with E-state index in [0.717, 1.165) is 35.4 Å². The summed E-state index contributed by atoms with van der Waals surface area (Å²) in [7, 11) is 1.00. The fraction of sp³-hybridized carbons (Fsp3) is 0.375. The molecule has 2 atom stereocenters. The van der Waals surface area contributed by atoms with E-state index < -0.39 is 34.4 Å². The van der Waals surface area contributed by atoms with E-state index in [1.807, 2.05) is 55.5 Å². The predicted octanol–water partition coefficient (Wildman–Crippen LogP) is 6.27. The summed E-state index contributed by atoms with van der Waals surface area (Å²) >= 11 is 5.34. The molecule has 0 aliphatic heterocycles. The molecule has 31 heavy (non-hydrogen) atoms. The second-order valence-corrected chi connectivity index (χ2v) is 8.31. The normalized spacial score (nSPS) is 19.8. The first-order chi connectivity index (χ1) is 14.5. The van der Waals surface area contributed by atoms with Crippen LogP contribution < -0.4 is 0 Å². The number of halogens is 4. The number of carbonyl (C=O) groups excluding carboxylic acids is 1. The Hall–Kier alpha value is -2.31. The molecular weight excluding hydrogens is 429 g/mol. The van der Waals surface area contributed by atoms with Gasteiger partial charge in [0.05, 0.1) is 5.92 Å². The molecule has 0 saturated heterocycles. The summed E-state index contributed by atoms with van der Waals surface area (Å²) in [4.78, 5) is 12.5. The minimum atomic E-state index is -4.61. The van der Waals surface area contributed by atoms with E-state index in [1.54, 1.807) is 13.8 Å². The van der Waals surface area contributed by atoms with Crippen LogP contribution in [0.2, 0.25) is 0 Å². The van der Waals surface area contributed by atoms with Gasteiger partial charge in [0.2, 0.25) is 0 Å². The smallest absolute Gasteiger partial charge is 0.426 e. The maximum Gasteiger partial charge on any atom is 0.426 e. The molecule has 1 aliphatic carbocycles. The second-order valence-electron chi connectivity index (χ2n) is 7.90. The zero-order valence-electron chi connectivity index (χ0n) is 17.8. The summed E-state index contributed by atoms with van der Waals surface area (Å²) in [5, 5.41) is 5.80. The summed E-state index contributed by atoms with van der Waals surface area (Å²) in [6, 6.07) is 15.6. The Bertz CT molecular complexity index is 937. The molecule has 7 heteroatoms. The van der Waals surface area contributed by atoms with Gasteiger partial charge in [0.25, 0.3) is 0 Å². The Kier molecular flexibility index (Phi) is 7.95. The van der Waals surface area contributed by atoms with E-state index >= 15 is 0 Å². The number of aliphatic hydroxyl groups excluding tert-OH is 1. The Morgan fingerprint density at radius 3 is 2.32 bits per heavy atom. The molecule has 3 rings (SSSR count). The van der Waals surface area contributed by atoms with Crippen molar-refractivity contribution in [3.8, 4) is 11.1 Å². The van der Waals surface area contributed by atoms with E-state index in [0.29, 0.717) is 0 Å². The molecule has 2 aromatic carbocycles. The van der Waals surface area contributed by atoms with Gasteiger partial charge in [-0.15, -0.1) is 0 Å². The van der Waals surface area contributed by atoms with Gasteiger partial charge in [-0.3, -0.25) is 4.79 Å². The first-order valence-electron chi connectivity index (χ1n) is 9.73. The number of rotatable bonds is 5. The number of hydrogen-bond acceptors (Lipinski definition) is 3. The van der Waals surface area contributed by atoms with Crippen molar-refractivity contribution in [2.45, 2.75) is 33.6 Å². The molecule has 2 unspecified atom stereocenters. The quantitative estimate of drug-likeness (QED) is 0.541. The lowest BCUT2D eigenvalue weighted by molar-refractivity contribution is -0.147. The lowest BCUT2D eigenvalue weighted by Crippen LogP contribution is -2.11. The lowest BCUT2D eigenvalue weighted by Gasteiger charge is -2.12. The number of aliphatic hydroxyl groups is 1. The monoisotopic (exact) mass is 454 g/mol. The SMILES string of the molecule is CO.Cc1c(COC(=O)C2C(/C=C(\Cl)C(F)(F)F)C2(C)C)cccc1-c1ccccc1. The number of benzene rings is 2. The molecule has 0 spiro atoms. The highest BCUT2D eigenvalue weighted by Gasteiger charge is 2.62. The summed E-state index contributed by atoms with van der Waals surface area (Å²) in [6.45, 7) is 5.51. The molecule has 168 valence electrons. The summed E-state index contributed by atoms with van der Waals surface area (Å²) < 4.78 is 43.5. The Labute approximate surface area is 185 Å². The number of allylic oxidation sites excluding steroid dienone is 2. The van der Waals surface area contributed by atoms with Crippen LogP contribution in [0.15, 0.2) is 59.6 Å². The number of hydrogen-bond donors (Lipinski definition) is 1. The minimum absolute atomic E-state index is 0.0708. The number of ether oxygens (including phenoxy) is 1. The third kappa shape index (κ3) is 5.69. The Balaban J connectivity index is 0.00000166. The summed E-state index contributed by atoms with van der Waals surface area (Å²) in [5.41, 5.74) is 3.34. The largest absolute Gasteiger partial charge is 0.461 e. The van der Waals surface area contributed by atoms with Gasteiger partial charge in [0.1, 0.15) is 11.6 Å². The van der Waals surface area contributed by atoms with Crippen LogP contribution in [0.25, 0.3) is 11.1 Å². The number of alkyl halides is 3. The van der Waals surface area contributed by atoms with Gasteiger partial charge in [-0.25, -0.2) is 0 Å². The molecule has 2 aromatic rings. The van der Waals surface area contributed by atoms with Gasteiger partial charge < -0.3 is 9.84 Å². The molecule has 1 N–H and O–H groups in total. The molecule has 0 aromatic heterocycles. The van der Waals surface area contributed by atoms with E-state index in [-0.39, 0.29) is 6.61 Å². The minimum Gasteiger partial charge on any atom is -0.461 e. The molecule has 0 radical (unpaired) electrons.